The average molecular weight is 671 g/mol. The van der Waals surface area contributed by atoms with Crippen LogP contribution in [-0.2, 0) is 24.3 Å². The van der Waals surface area contributed by atoms with Crippen molar-refractivity contribution >= 4 is 50.7 Å². The number of sulfonamides is 1. The zero-order chi connectivity index (χ0) is 33.7. The second-order valence-corrected chi connectivity index (χ2v) is 13.3. The predicted octanol–water partition coefficient (Wildman–Crippen LogP) is 6.80. The van der Waals surface area contributed by atoms with E-state index in [2.05, 4.69) is 9.71 Å². The standard InChI is InChI=1S/C36H35ClN4O5S/c1-5-46-33(43)21-32(42)38-29-15-11-27(12-16-29)35-31(26-9-7-6-8-10-26)22-41(39-35)36(34-24(3)19-23(2)20-25(34)4)40-47(44,45)30-17-13-28(37)14-18-30/h6-20,31H,5,21-22H2,1-4H3,(H,38,42). The molecule has 47 heavy (non-hydrogen) atoms. The van der Waals surface area contributed by atoms with Crippen LogP contribution >= 0.6 is 11.6 Å². The molecule has 0 fully saturated rings. The first-order valence-corrected chi connectivity index (χ1v) is 16.9. The number of nitrogens with zero attached hydrogens (tertiary/aromatic N) is 3. The van der Waals surface area contributed by atoms with Gasteiger partial charge in [-0.3, -0.25) is 9.59 Å². The number of halogens is 1. The summed E-state index contributed by atoms with van der Waals surface area (Å²) in [6.07, 6.45) is -0.383. The number of amidine groups is 1. The van der Waals surface area contributed by atoms with Gasteiger partial charge >= 0.3 is 5.97 Å². The summed E-state index contributed by atoms with van der Waals surface area (Å²) in [7, 11) is -4.15. The molecule has 11 heteroatoms. The largest absolute Gasteiger partial charge is 0.466 e. The van der Waals surface area contributed by atoms with Gasteiger partial charge in [-0.05, 0) is 86.3 Å². The monoisotopic (exact) mass is 670 g/mol. The molecule has 5 rings (SSSR count). The Morgan fingerprint density at radius 2 is 1.60 bits per heavy atom. The summed E-state index contributed by atoms with van der Waals surface area (Å²) in [4.78, 5) is 24.1. The van der Waals surface area contributed by atoms with Crippen LogP contribution in [-0.4, -0.2) is 50.0 Å². The van der Waals surface area contributed by atoms with E-state index in [1.54, 1.807) is 24.1 Å². The summed E-state index contributed by atoms with van der Waals surface area (Å²) in [5, 5.41) is 9.83. The molecule has 4 aromatic rings. The van der Waals surface area contributed by atoms with Gasteiger partial charge in [0.25, 0.3) is 10.0 Å². The average Bonchev–Trinajstić information content (AvgIpc) is 3.46. The van der Waals surface area contributed by atoms with Crippen LogP contribution < -0.4 is 5.32 Å². The molecule has 1 unspecified atom stereocenters. The van der Waals surface area contributed by atoms with E-state index >= 15 is 0 Å². The third-order valence-electron chi connectivity index (χ3n) is 7.65. The Bertz CT molecular complexity index is 1940. The van der Waals surface area contributed by atoms with Gasteiger partial charge in [0.05, 0.1) is 23.8 Å². The van der Waals surface area contributed by atoms with Crippen LogP contribution in [0.3, 0.4) is 0 Å². The maximum Gasteiger partial charge on any atom is 0.315 e. The van der Waals surface area contributed by atoms with Crippen molar-refractivity contribution < 1.29 is 22.7 Å². The van der Waals surface area contributed by atoms with Crippen LogP contribution in [0, 0.1) is 20.8 Å². The fraction of sp³-hybridized carbons (Fsp3) is 0.222. The lowest BCUT2D eigenvalue weighted by Crippen LogP contribution is -2.29. The van der Waals surface area contributed by atoms with Gasteiger partial charge in [0.15, 0.2) is 5.84 Å². The number of ether oxygens (including phenoxy) is 1. The first kappa shape index (κ1) is 33.6. The molecule has 0 spiro atoms. The molecule has 1 amide bonds. The molecule has 0 saturated heterocycles. The number of anilines is 1. The zero-order valence-corrected chi connectivity index (χ0v) is 28.1. The van der Waals surface area contributed by atoms with Crippen molar-refractivity contribution in [3.63, 3.8) is 0 Å². The number of hydrazone groups is 1. The minimum atomic E-state index is -4.15. The lowest BCUT2D eigenvalue weighted by molar-refractivity contribution is -0.145. The number of hydrogen-bond donors (Lipinski definition) is 1. The Labute approximate surface area is 280 Å². The van der Waals surface area contributed by atoms with Crippen LogP contribution in [0.5, 0.6) is 0 Å². The van der Waals surface area contributed by atoms with Crippen molar-refractivity contribution in [3.05, 3.63) is 129 Å². The lowest BCUT2D eigenvalue weighted by Gasteiger charge is -2.22. The third kappa shape index (κ3) is 7.96. The minimum Gasteiger partial charge on any atom is -0.466 e. The second-order valence-electron chi connectivity index (χ2n) is 11.3. The first-order chi connectivity index (χ1) is 22.4. The van der Waals surface area contributed by atoms with Crippen LogP contribution in [0.2, 0.25) is 5.02 Å². The predicted molar refractivity (Wildman–Crippen MR) is 185 cm³/mol. The molecule has 242 valence electrons. The number of hydrogen-bond acceptors (Lipinski definition) is 6. The van der Waals surface area contributed by atoms with Gasteiger partial charge in [0.2, 0.25) is 5.91 Å². The van der Waals surface area contributed by atoms with Crippen LogP contribution in [0.1, 0.15) is 52.6 Å². The Hall–Kier alpha value is -4.80. The second kappa shape index (κ2) is 14.3. The number of esters is 1. The van der Waals surface area contributed by atoms with Crippen molar-refractivity contribution in [3.8, 4) is 0 Å². The highest BCUT2D eigenvalue weighted by Gasteiger charge is 2.34. The van der Waals surface area contributed by atoms with E-state index in [0.29, 0.717) is 28.5 Å². The molecule has 1 atom stereocenters. The van der Waals surface area contributed by atoms with Crippen molar-refractivity contribution in [1.82, 2.24) is 5.01 Å². The molecule has 1 heterocycles. The third-order valence-corrected chi connectivity index (χ3v) is 9.19. The molecular weight excluding hydrogens is 636 g/mol. The van der Waals surface area contributed by atoms with Crippen LogP contribution in [0.15, 0.2) is 105 Å². The molecular formula is C36H35ClN4O5S. The number of amides is 1. The van der Waals surface area contributed by atoms with E-state index in [9.17, 15) is 18.0 Å². The molecule has 0 radical (unpaired) electrons. The molecule has 0 aliphatic carbocycles. The molecule has 1 N–H and O–H groups in total. The van der Waals surface area contributed by atoms with Crippen molar-refractivity contribution in [2.24, 2.45) is 9.50 Å². The topological polar surface area (TPSA) is 118 Å². The van der Waals surface area contributed by atoms with Gasteiger partial charge in [0, 0.05) is 22.2 Å². The maximum atomic E-state index is 13.7. The number of aryl methyl sites for hydroxylation is 3. The highest BCUT2D eigenvalue weighted by Crippen LogP contribution is 2.32. The van der Waals surface area contributed by atoms with Gasteiger partial charge in [-0.25, -0.2) is 5.01 Å². The summed E-state index contributed by atoms with van der Waals surface area (Å²) >= 11 is 6.04. The maximum absolute atomic E-state index is 13.7. The van der Waals surface area contributed by atoms with E-state index in [1.807, 2.05) is 75.4 Å². The minimum absolute atomic E-state index is 0.0189. The van der Waals surface area contributed by atoms with Crippen molar-refractivity contribution in [2.45, 2.75) is 44.9 Å². The Morgan fingerprint density at radius 3 is 2.21 bits per heavy atom. The molecule has 0 bridgehead atoms. The number of carbonyl (C=O) groups excluding carboxylic acids is 2. The molecule has 0 aromatic heterocycles. The summed E-state index contributed by atoms with van der Waals surface area (Å²) < 4.78 is 36.8. The van der Waals surface area contributed by atoms with Gasteiger partial charge in [-0.1, -0.05) is 71.8 Å². The van der Waals surface area contributed by atoms with Crippen molar-refractivity contribution in [1.29, 1.82) is 0 Å². The Morgan fingerprint density at radius 1 is 0.957 bits per heavy atom. The highest BCUT2D eigenvalue weighted by molar-refractivity contribution is 7.90. The first-order valence-electron chi connectivity index (χ1n) is 15.1. The zero-order valence-electron chi connectivity index (χ0n) is 26.5. The fourth-order valence-corrected chi connectivity index (χ4v) is 6.77. The van der Waals surface area contributed by atoms with Crippen molar-refractivity contribution in [2.75, 3.05) is 18.5 Å². The highest BCUT2D eigenvalue weighted by atomic mass is 35.5. The van der Waals surface area contributed by atoms with E-state index in [-0.39, 0.29) is 29.7 Å². The molecule has 1 aliphatic heterocycles. The fourth-order valence-electron chi connectivity index (χ4n) is 5.64. The van der Waals surface area contributed by atoms with E-state index in [1.165, 1.54) is 24.3 Å². The van der Waals surface area contributed by atoms with Gasteiger partial charge in [-0.15, -0.1) is 4.40 Å². The van der Waals surface area contributed by atoms with Gasteiger partial charge in [-0.2, -0.15) is 13.5 Å². The summed E-state index contributed by atoms with van der Waals surface area (Å²) in [5.74, 6) is -1.08. The molecule has 1 aliphatic rings. The summed E-state index contributed by atoms with van der Waals surface area (Å²) in [5.41, 5.74) is 6.47. The molecule has 4 aromatic carbocycles. The normalized spacial score (nSPS) is 14.9. The summed E-state index contributed by atoms with van der Waals surface area (Å²) in [6, 6.07) is 26.9. The quantitative estimate of drug-likeness (QED) is 0.0906. The van der Waals surface area contributed by atoms with Gasteiger partial charge in [0.1, 0.15) is 6.42 Å². The van der Waals surface area contributed by atoms with Crippen LogP contribution in [0.4, 0.5) is 5.69 Å². The molecule has 0 saturated carbocycles. The van der Waals surface area contributed by atoms with E-state index in [4.69, 9.17) is 21.4 Å². The van der Waals surface area contributed by atoms with E-state index in [0.717, 1.165) is 27.8 Å². The number of rotatable bonds is 9. The number of nitrogens with one attached hydrogen (secondary N) is 1. The smallest absolute Gasteiger partial charge is 0.315 e. The Kier molecular flexibility index (Phi) is 10.2. The number of benzene rings is 4. The van der Waals surface area contributed by atoms with E-state index < -0.39 is 21.9 Å². The summed E-state index contributed by atoms with van der Waals surface area (Å²) in [6.45, 7) is 8.07. The van der Waals surface area contributed by atoms with Gasteiger partial charge < -0.3 is 10.1 Å². The van der Waals surface area contributed by atoms with Crippen LogP contribution in [0.25, 0.3) is 0 Å². The SMILES string of the molecule is CCOC(=O)CC(=O)Nc1ccc(C2=NN(C(=NS(=O)(=O)c3ccc(Cl)cc3)c3c(C)cc(C)cc3C)CC2c2ccccc2)cc1. The number of carbonyl (C=O) groups is 2. The Balaban J connectivity index is 1.58. The lowest BCUT2D eigenvalue weighted by atomic mass is 9.90. The molecule has 9 nitrogen and oxygen atoms in total.